The van der Waals surface area contributed by atoms with Crippen LogP contribution in [0.2, 0.25) is 0 Å². The Morgan fingerprint density at radius 3 is 2.50 bits per heavy atom. The Balaban J connectivity index is 1.46. The number of rotatable bonds is 2. The summed E-state index contributed by atoms with van der Waals surface area (Å²) in [7, 11) is 0. The smallest absolute Gasteiger partial charge is 0.261 e. The minimum atomic E-state index is 0.102. The molecule has 5 heteroatoms. The molecule has 4 rings (SSSR count). The van der Waals surface area contributed by atoms with Crippen molar-refractivity contribution >= 4 is 49.1 Å². The number of thiophene rings is 1. The van der Waals surface area contributed by atoms with Crippen LogP contribution in [0, 0.1) is 23.7 Å². The predicted octanol–water partition coefficient (Wildman–Crippen LogP) is 4.05. The molecule has 1 aromatic rings. The molecule has 1 heterocycles. The first-order valence-electron chi connectivity index (χ1n) is 6.41. The SMILES string of the molecule is O=C(NC1C2C3CCC(C3)C12)c1cc(Br)c(Br)s1. The minimum Gasteiger partial charge on any atom is -0.348 e. The van der Waals surface area contributed by atoms with Gasteiger partial charge >= 0.3 is 0 Å². The molecule has 96 valence electrons. The number of halogens is 2. The second-order valence-electron chi connectivity index (χ2n) is 5.72. The van der Waals surface area contributed by atoms with Crippen LogP contribution in [0.15, 0.2) is 14.3 Å². The molecule has 18 heavy (non-hydrogen) atoms. The fourth-order valence-electron chi connectivity index (χ4n) is 4.20. The Morgan fingerprint density at radius 2 is 1.94 bits per heavy atom. The van der Waals surface area contributed by atoms with E-state index in [2.05, 4.69) is 37.2 Å². The van der Waals surface area contributed by atoms with Gasteiger partial charge in [0.05, 0.1) is 8.66 Å². The maximum absolute atomic E-state index is 12.2. The van der Waals surface area contributed by atoms with Gasteiger partial charge in [0.2, 0.25) is 0 Å². The first-order chi connectivity index (χ1) is 8.65. The van der Waals surface area contributed by atoms with Crippen molar-refractivity contribution in [3.05, 3.63) is 19.2 Å². The van der Waals surface area contributed by atoms with Crippen molar-refractivity contribution in [1.82, 2.24) is 5.32 Å². The van der Waals surface area contributed by atoms with Crippen molar-refractivity contribution < 1.29 is 4.79 Å². The highest BCUT2D eigenvalue weighted by Gasteiger charge is 2.65. The molecule has 1 N–H and O–H groups in total. The summed E-state index contributed by atoms with van der Waals surface area (Å²) in [5.74, 6) is 3.53. The van der Waals surface area contributed by atoms with E-state index in [0.29, 0.717) is 6.04 Å². The lowest BCUT2D eigenvalue weighted by molar-refractivity contribution is 0.0948. The van der Waals surface area contributed by atoms with Gasteiger partial charge in [0, 0.05) is 10.5 Å². The van der Waals surface area contributed by atoms with Crippen LogP contribution in [0.1, 0.15) is 28.9 Å². The van der Waals surface area contributed by atoms with E-state index in [1.807, 2.05) is 6.07 Å². The lowest BCUT2D eigenvalue weighted by Crippen LogP contribution is -2.29. The maximum atomic E-state index is 12.2. The van der Waals surface area contributed by atoms with Crippen molar-refractivity contribution in [3.63, 3.8) is 0 Å². The Bertz CT molecular complexity index is 494. The average Bonchev–Trinajstić information content (AvgIpc) is 2.71. The number of fused-ring (bicyclic) bond motifs is 5. The van der Waals surface area contributed by atoms with Crippen molar-refractivity contribution in [1.29, 1.82) is 0 Å². The number of nitrogens with one attached hydrogen (secondary N) is 1. The molecule has 1 aromatic heterocycles. The van der Waals surface area contributed by atoms with Crippen molar-refractivity contribution in [2.75, 3.05) is 0 Å². The van der Waals surface area contributed by atoms with Crippen LogP contribution in [-0.2, 0) is 0 Å². The highest BCUT2D eigenvalue weighted by molar-refractivity contribution is 9.13. The first-order valence-corrected chi connectivity index (χ1v) is 8.81. The number of amides is 1. The normalized spacial score (nSPS) is 39.8. The Hall–Kier alpha value is 0.130. The van der Waals surface area contributed by atoms with E-state index in [1.54, 1.807) is 0 Å². The van der Waals surface area contributed by atoms with Gasteiger partial charge in [-0.2, -0.15) is 0 Å². The van der Waals surface area contributed by atoms with Gasteiger partial charge in [0.15, 0.2) is 0 Å². The van der Waals surface area contributed by atoms with E-state index in [4.69, 9.17) is 0 Å². The van der Waals surface area contributed by atoms with Gasteiger partial charge in [-0.3, -0.25) is 4.79 Å². The van der Waals surface area contributed by atoms with Crippen LogP contribution < -0.4 is 5.32 Å². The molecule has 0 aromatic carbocycles. The van der Waals surface area contributed by atoms with Crippen LogP contribution in [-0.4, -0.2) is 11.9 Å². The van der Waals surface area contributed by atoms with Crippen molar-refractivity contribution in [3.8, 4) is 0 Å². The Kier molecular flexibility index (Phi) is 2.69. The fraction of sp³-hybridized carbons (Fsp3) is 0.615. The van der Waals surface area contributed by atoms with Crippen LogP contribution in [0.4, 0.5) is 0 Å². The number of carbonyl (C=O) groups excluding carboxylic acids is 1. The van der Waals surface area contributed by atoms with E-state index < -0.39 is 0 Å². The van der Waals surface area contributed by atoms with Crippen LogP contribution in [0.3, 0.4) is 0 Å². The van der Waals surface area contributed by atoms with Gasteiger partial charge in [0.1, 0.15) is 0 Å². The monoisotopic (exact) mass is 389 g/mol. The molecule has 3 aliphatic rings. The van der Waals surface area contributed by atoms with E-state index in [-0.39, 0.29) is 5.91 Å². The molecule has 2 bridgehead atoms. The third-order valence-corrected chi connectivity index (χ3v) is 8.16. The van der Waals surface area contributed by atoms with Crippen molar-refractivity contribution in [2.45, 2.75) is 25.3 Å². The summed E-state index contributed by atoms with van der Waals surface area (Å²) >= 11 is 8.36. The van der Waals surface area contributed by atoms with Gasteiger partial charge in [-0.15, -0.1) is 11.3 Å². The van der Waals surface area contributed by atoms with Crippen LogP contribution in [0.5, 0.6) is 0 Å². The molecule has 0 aliphatic heterocycles. The van der Waals surface area contributed by atoms with Gasteiger partial charge < -0.3 is 5.32 Å². The van der Waals surface area contributed by atoms with Gasteiger partial charge in [-0.05, 0) is 80.9 Å². The summed E-state index contributed by atoms with van der Waals surface area (Å²) in [5.41, 5.74) is 0. The molecule has 3 aliphatic carbocycles. The third-order valence-electron chi connectivity index (χ3n) is 4.90. The van der Waals surface area contributed by atoms with Crippen LogP contribution >= 0.6 is 43.2 Å². The molecule has 0 saturated heterocycles. The minimum absolute atomic E-state index is 0.102. The average molecular weight is 391 g/mol. The summed E-state index contributed by atoms with van der Waals surface area (Å²) in [6.07, 6.45) is 4.22. The van der Waals surface area contributed by atoms with E-state index in [1.165, 1.54) is 30.6 Å². The zero-order chi connectivity index (χ0) is 12.4. The lowest BCUT2D eigenvalue weighted by Gasteiger charge is -2.09. The lowest BCUT2D eigenvalue weighted by atomic mass is 10.0. The molecule has 0 radical (unpaired) electrons. The highest BCUT2D eigenvalue weighted by Crippen LogP contribution is 2.65. The molecule has 4 unspecified atom stereocenters. The van der Waals surface area contributed by atoms with Gasteiger partial charge in [0.25, 0.3) is 5.91 Å². The molecule has 1 amide bonds. The summed E-state index contributed by atoms with van der Waals surface area (Å²) in [6.45, 7) is 0. The van der Waals surface area contributed by atoms with Crippen molar-refractivity contribution in [2.24, 2.45) is 23.7 Å². The summed E-state index contributed by atoms with van der Waals surface area (Å²) in [6, 6.07) is 2.38. The summed E-state index contributed by atoms with van der Waals surface area (Å²) in [4.78, 5) is 13.0. The number of hydrogen-bond donors (Lipinski definition) is 1. The zero-order valence-corrected chi connectivity index (χ0v) is 13.6. The van der Waals surface area contributed by atoms with E-state index in [0.717, 1.165) is 36.8 Å². The van der Waals surface area contributed by atoms with Gasteiger partial charge in [-0.1, -0.05) is 0 Å². The molecule has 4 atom stereocenters. The number of hydrogen-bond acceptors (Lipinski definition) is 2. The molecule has 3 fully saturated rings. The van der Waals surface area contributed by atoms with Gasteiger partial charge in [-0.25, -0.2) is 0 Å². The molecule has 3 saturated carbocycles. The quantitative estimate of drug-likeness (QED) is 0.810. The molecule has 2 nitrogen and oxygen atoms in total. The highest BCUT2D eigenvalue weighted by atomic mass is 79.9. The topological polar surface area (TPSA) is 29.1 Å². The number of carbonyl (C=O) groups is 1. The second kappa shape index (κ2) is 4.06. The summed E-state index contributed by atoms with van der Waals surface area (Å²) < 4.78 is 1.96. The largest absolute Gasteiger partial charge is 0.348 e. The third kappa shape index (κ3) is 1.66. The Morgan fingerprint density at radius 1 is 1.28 bits per heavy atom. The maximum Gasteiger partial charge on any atom is 0.261 e. The molecule has 0 spiro atoms. The first kappa shape index (κ1) is 11.9. The second-order valence-corrected chi connectivity index (χ2v) is 8.94. The van der Waals surface area contributed by atoms with E-state index >= 15 is 0 Å². The standard InChI is InChI=1S/C13H13Br2NOS/c14-7-4-8(18-12(7)15)13(17)16-11-9-5-1-2-6(3-5)10(9)11/h4-6,9-11H,1-3H2,(H,16,17). The zero-order valence-electron chi connectivity index (χ0n) is 9.66. The van der Waals surface area contributed by atoms with Crippen LogP contribution in [0.25, 0.3) is 0 Å². The fourth-order valence-corrected chi connectivity index (χ4v) is 6.14. The summed E-state index contributed by atoms with van der Waals surface area (Å²) in [5, 5.41) is 3.24. The Labute approximate surface area is 127 Å². The van der Waals surface area contributed by atoms with E-state index in [9.17, 15) is 4.79 Å². The predicted molar refractivity (Wildman–Crippen MR) is 78.8 cm³/mol. The molecular weight excluding hydrogens is 378 g/mol. The molecular formula is C13H13Br2NOS.